The molecular formula is C48H83NO10P+. The third-order valence-electron chi connectivity index (χ3n) is 9.08. The largest absolute Gasteiger partial charge is 0.472 e. The molecular weight excluding hydrogens is 781 g/mol. The van der Waals surface area contributed by atoms with Crippen molar-refractivity contribution in [3.8, 4) is 0 Å². The summed E-state index contributed by atoms with van der Waals surface area (Å²) in [6, 6.07) is 0. The first kappa shape index (κ1) is 57.1. The number of carbonyl (C=O) groups is 2. The molecule has 0 aromatic rings. The number of phosphoric acid groups is 1. The first-order valence-electron chi connectivity index (χ1n) is 22.5. The number of unbranched alkanes of at least 4 members (excludes halogenated alkanes) is 12. The SMILES string of the molecule is CC/C=C\C[C@@H](O)/C=C/C=C\C/C=C\C=C\[C@@H](O)/C=C\CCCC(=O)OC[C@H](COP(=O)(O)OCC[N+](C)(C)C)OC(=O)CCCCCCC/C=C\CCCCCCCC. The van der Waals surface area contributed by atoms with E-state index in [1.54, 1.807) is 30.4 Å². The van der Waals surface area contributed by atoms with Crippen molar-refractivity contribution in [1.82, 2.24) is 0 Å². The predicted molar refractivity (Wildman–Crippen MR) is 245 cm³/mol. The van der Waals surface area contributed by atoms with Gasteiger partial charge in [-0.3, -0.25) is 18.6 Å². The fraction of sp³-hybridized carbons (Fsp3) is 0.667. The molecule has 0 aliphatic carbocycles. The molecule has 0 rings (SSSR count). The van der Waals surface area contributed by atoms with E-state index in [0.717, 1.165) is 44.9 Å². The van der Waals surface area contributed by atoms with E-state index in [9.17, 15) is 29.3 Å². The van der Waals surface area contributed by atoms with Crippen LogP contribution in [-0.2, 0) is 32.7 Å². The van der Waals surface area contributed by atoms with Crippen LogP contribution in [0.3, 0.4) is 0 Å². The molecule has 60 heavy (non-hydrogen) atoms. The van der Waals surface area contributed by atoms with Crippen LogP contribution in [0, 0.1) is 0 Å². The summed E-state index contributed by atoms with van der Waals surface area (Å²) in [5, 5.41) is 20.0. The van der Waals surface area contributed by atoms with Crippen molar-refractivity contribution in [1.29, 1.82) is 0 Å². The van der Waals surface area contributed by atoms with Gasteiger partial charge in [-0.1, -0.05) is 150 Å². The number of ether oxygens (including phenoxy) is 2. The molecule has 0 aliphatic rings. The van der Waals surface area contributed by atoms with Crippen LogP contribution in [0.15, 0.2) is 85.1 Å². The maximum absolute atomic E-state index is 12.7. The monoisotopic (exact) mass is 865 g/mol. The van der Waals surface area contributed by atoms with E-state index in [2.05, 4.69) is 26.0 Å². The number of quaternary nitrogens is 1. The van der Waals surface area contributed by atoms with Gasteiger partial charge in [0.15, 0.2) is 6.10 Å². The maximum Gasteiger partial charge on any atom is 0.472 e. The Morgan fingerprint density at radius 1 is 0.633 bits per heavy atom. The van der Waals surface area contributed by atoms with Crippen molar-refractivity contribution < 1.29 is 52.3 Å². The van der Waals surface area contributed by atoms with Crippen molar-refractivity contribution in [3.05, 3.63) is 85.1 Å². The Hall–Kier alpha value is -2.89. The van der Waals surface area contributed by atoms with Gasteiger partial charge in [-0.15, -0.1) is 0 Å². The summed E-state index contributed by atoms with van der Waals surface area (Å²) in [6.45, 7) is 3.97. The number of nitrogens with zero attached hydrogens (tertiary/aromatic N) is 1. The molecule has 344 valence electrons. The van der Waals surface area contributed by atoms with Crippen LogP contribution in [0.1, 0.15) is 142 Å². The van der Waals surface area contributed by atoms with Crippen LogP contribution in [0.5, 0.6) is 0 Å². The molecule has 11 nitrogen and oxygen atoms in total. The van der Waals surface area contributed by atoms with Crippen LogP contribution in [0.4, 0.5) is 0 Å². The van der Waals surface area contributed by atoms with Gasteiger partial charge in [-0.2, -0.15) is 0 Å². The molecule has 0 aromatic heterocycles. The van der Waals surface area contributed by atoms with Gasteiger partial charge in [0, 0.05) is 12.8 Å². The average Bonchev–Trinajstić information content (AvgIpc) is 3.19. The van der Waals surface area contributed by atoms with E-state index in [-0.39, 0.29) is 26.1 Å². The van der Waals surface area contributed by atoms with Crippen LogP contribution in [-0.4, -0.2) is 97.3 Å². The van der Waals surface area contributed by atoms with Gasteiger partial charge in [0.05, 0.1) is 40.0 Å². The van der Waals surface area contributed by atoms with E-state index >= 15 is 0 Å². The lowest BCUT2D eigenvalue weighted by Crippen LogP contribution is -2.37. The Bertz CT molecular complexity index is 1330. The summed E-state index contributed by atoms with van der Waals surface area (Å²) in [7, 11) is 1.34. The summed E-state index contributed by atoms with van der Waals surface area (Å²) < 4.78 is 34.1. The molecule has 0 saturated heterocycles. The smallest absolute Gasteiger partial charge is 0.462 e. The van der Waals surface area contributed by atoms with Crippen molar-refractivity contribution in [2.24, 2.45) is 0 Å². The molecule has 1 unspecified atom stereocenters. The molecule has 12 heteroatoms. The van der Waals surface area contributed by atoms with E-state index in [1.165, 1.54) is 38.5 Å². The molecule has 0 bridgehead atoms. The number of carbonyl (C=O) groups excluding carboxylic acids is 2. The second-order valence-corrected chi connectivity index (χ2v) is 17.5. The Morgan fingerprint density at radius 2 is 1.23 bits per heavy atom. The van der Waals surface area contributed by atoms with Crippen LogP contribution in [0.25, 0.3) is 0 Å². The van der Waals surface area contributed by atoms with Gasteiger partial charge in [-0.05, 0) is 64.2 Å². The predicted octanol–water partition coefficient (Wildman–Crippen LogP) is 10.7. The van der Waals surface area contributed by atoms with Gasteiger partial charge in [-0.25, -0.2) is 4.57 Å². The van der Waals surface area contributed by atoms with Crippen molar-refractivity contribution >= 4 is 19.8 Å². The van der Waals surface area contributed by atoms with Crippen LogP contribution in [0.2, 0.25) is 0 Å². The number of hydrogen-bond acceptors (Lipinski definition) is 9. The van der Waals surface area contributed by atoms with E-state index < -0.39 is 44.7 Å². The second kappa shape index (κ2) is 39.0. The summed E-state index contributed by atoms with van der Waals surface area (Å²) in [6.07, 6.45) is 42.8. The number of phosphoric ester groups is 1. The number of rotatable bonds is 39. The van der Waals surface area contributed by atoms with Crippen LogP contribution >= 0.6 is 7.82 Å². The van der Waals surface area contributed by atoms with Gasteiger partial charge < -0.3 is 29.1 Å². The quantitative estimate of drug-likeness (QED) is 0.0136. The highest BCUT2D eigenvalue weighted by molar-refractivity contribution is 7.47. The number of allylic oxidation sites excluding steroid dienone is 10. The maximum atomic E-state index is 12.7. The molecule has 0 saturated carbocycles. The summed E-state index contributed by atoms with van der Waals surface area (Å²) in [5.74, 6) is -1.000. The minimum atomic E-state index is -4.43. The first-order chi connectivity index (χ1) is 28.8. The molecule has 0 radical (unpaired) electrons. The molecule has 0 aromatic carbocycles. The number of aliphatic hydroxyl groups excluding tert-OH is 2. The molecule has 0 spiro atoms. The number of hydrogen-bond donors (Lipinski definition) is 3. The molecule has 0 fully saturated rings. The van der Waals surface area contributed by atoms with Gasteiger partial charge in [0.25, 0.3) is 0 Å². The van der Waals surface area contributed by atoms with Crippen molar-refractivity contribution in [3.63, 3.8) is 0 Å². The molecule has 0 heterocycles. The summed E-state index contributed by atoms with van der Waals surface area (Å²) in [5.41, 5.74) is 0. The van der Waals surface area contributed by atoms with E-state index in [1.807, 2.05) is 63.7 Å². The lowest BCUT2D eigenvalue weighted by atomic mass is 10.1. The minimum Gasteiger partial charge on any atom is -0.462 e. The molecule has 3 N–H and O–H groups in total. The fourth-order valence-corrected chi connectivity index (χ4v) is 6.25. The van der Waals surface area contributed by atoms with Gasteiger partial charge in [0.1, 0.15) is 19.8 Å². The zero-order valence-corrected chi connectivity index (χ0v) is 38.8. The average molecular weight is 865 g/mol. The van der Waals surface area contributed by atoms with E-state index in [4.69, 9.17) is 18.5 Å². The standard InChI is InChI=1S/C48H82NO10P/c1-6-8-10-11-12-13-14-15-16-17-18-19-23-26-32-39-48(53)59-46(43-58-60(54,55)57-41-40-49(3,4)5)42-56-47(52)38-33-27-31-37-45(51)36-30-25-22-20-21-24-29-35-44(50)34-28-9-7-2/h9,15-16,21-22,24-25,28-31,35-37,44-46,50-51H,6-8,10-14,17-20,23,26-27,32-34,38-43H2,1-5H3/p+1/b16-15-,24-21-,25-22-,28-9-,35-29+,36-30+,37-31-/t44-,45-,46-/m1/s1. The zero-order valence-electron chi connectivity index (χ0n) is 37.9. The second-order valence-electron chi connectivity index (χ2n) is 16.1. The topological polar surface area (TPSA) is 149 Å². The number of likely N-dealkylation sites (N-methyl/N-ethyl adjacent to an activating group) is 1. The first-order valence-corrected chi connectivity index (χ1v) is 24.0. The lowest BCUT2D eigenvalue weighted by Gasteiger charge is -2.24. The molecule has 4 atom stereocenters. The van der Waals surface area contributed by atoms with Gasteiger partial charge in [0.2, 0.25) is 0 Å². The number of aliphatic hydroxyl groups is 2. The van der Waals surface area contributed by atoms with Crippen LogP contribution < -0.4 is 0 Å². The zero-order chi connectivity index (χ0) is 44.6. The van der Waals surface area contributed by atoms with Gasteiger partial charge >= 0.3 is 19.8 Å². The Labute approximate surface area is 364 Å². The third kappa shape index (κ3) is 41.8. The Morgan fingerprint density at radius 3 is 1.88 bits per heavy atom. The summed E-state index contributed by atoms with van der Waals surface area (Å²) >= 11 is 0. The van der Waals surface area contributed by atoms with E-state index in [0.29, 0.717) is 43.1 Å². The Kier molecular flexibility index (Phi) is 37.1. The molecule has 0 aliphatic heterocycles. The fourth-order valence-electron chi connectivity index (χ4n) is 5.51. The third-order valence-corrected chi connectivity index (χ3v) is 10.1. The number of esters is 2. The Balaban J connectivity index is 4.62. The normalized spacial score (nSPS) is 15.4. The highest BCUT2D eigenvalue weighted by Crippen LogP contribution is 2.43. The lowest BCUT2D eigenvalue weighted by molar-refractivity contribution is -0.870. The minimum absolute atomic E-state index is 0.00728. The van der Waals surface area contributed by atoms with Crippen molar-refractivity contribution in [2.75, 3.05) is 47.5 Å². The van der Waals surface area contributed by atoms with Crippen molar-refractivity contribution in [2.45, 2.75) is 161 Å². The summed E-state index contributed by atoms with van der Waals surface area (Å²) in [4.78, 5) is 35.4. The highest BCUT2D eigenvalue weighted by Gasteiger charge is 2.27. The highest BCUT2D eigenvalue weighted by atomic mass is 31.2. The molecule has 0 amide bonds.